The van der Waals surface area contributed by atoms with Crippen LogP contribution in [0.3, 0.4) is 0 Å². The number of nitrogens with one attached hydrogen (secondary N) is 1. The zero-order chi connectivity index (χ0) is 12.3. The Kier molecular flexibility index (Phi) is 3.58. The van der Waals surface area contributed by atoms with E-state index in [4.69, 9.17) is 17.3 Å². The minimum atomic E-state index is -0.482. The third-order valence-corrected chi connectivity index (χ3v) is 2.57. The molecule has 1 aliphatic heterocycles. The van der Waals surface area contributed by atoms with E-state index in [0.29, 0.717) is 5.95 Å². The Labute approximate surface area is 103 Å². The number of nitrogens with zero attached hydrogens (tertiary/aromatic N) is 4. The number of carbonyl (C=O) groups excluding carboxylic acids is 1. The van der Waals surface area contributed by atoms with Gasteiger partial charge in [-0.2, -0.15) is 15.0 Å². The van der Waals surface area contributed by atoms with Crippen molar-refractivity contribution < 1.29 is 4.79 Å². The van der Waals surface area contributed by atoms with Gasteiger partial charge in [-0.25, -0.2) is 0 Å². The maximum Gasteiger partial charge on any atom is 0.236 e. The van der Waals surface area contributed by atoms with Crippen molar-refractivity contribution in [2.75, 3.05) is 29.9 Å². The molecule has 0 radical (unpaired) electrons. The number of primary amides is 1. The Hall–Kier alpha value is -1.63. The summed E-state index contributed by atoms with van der Waals surface area (Å²) in [6.45, 7) is 1.80. The van der Waals surface area contributed by atoms with Crippen LogP contribution in [0.2, 0.25) is 5.28 Å². The van der Waals surface area contributed by atoms with E-state index in [2.05, 4.69) is 20.3 Å². The van der Waals surface area contributed by atoms with Crippen molar-refractivity contribution in [3.8, 4) is 0 Å². The SMILES string of the molecule is NC(=O)CNc1nc(Cl)nc(N2CCCC2)n1. The van der Waals surface area contributed by atoms with Gasteiger partial charge in [-0.05, 0) is 24.4 Å². The number of hydrogen-bond acceptors (Lipinski definition) is 6. The summed E-state index contributed by atoms with van der Waals surface area (Å²) in [4.78, 5) is 24.8. The molecule has 8 heteroatoms. The second-order valence-corrected chi connectivity index (χ2v) is 4.08. The molecule has 0 spiro atoms. The highest BCUT2D eigenvalue weighted by Crippen LogP contribution is 2.18. The lowest BCUT2D eigenvalue weighted by Gasteiger charge is -2.15. The minimum absolute atomic E-state index is 0.0280. The van der Waals surface area contributed by atoms with Gasteiger partial charge in [0.25, 0.3) is 0 Å². The summed E-state index contributed by atoms with van der Waals surface area (Å²) in [6.07, 6.45) is 2.24. The first-order valence-corrected chi connectivity index (χ1v) is 5.71. The molecule has 0 aliphatic carbocycles. The molecule has 1 fully saturated rings. The summed E-state index contributed by atoms with van der Waals surface area (Å²) < 4.78 is 0. The summed E-state index contributed by atoms with van der Waals surface area (Å²) >= 11 is 5.80. The van der Waals surface area contributed by atoms with E-state index in [-0.39, 0.29) is 17.8 Å². The topological polar surface area (TPSA) is 97.0 Å². The van der Waals surface area contributed by atoms with Crippen molar-refractivity contribution >= 4 is 29.4 Å². The third kappa shape index (κ3) is 3.16. The van der Waals surface area contributed by atoms with E-state index in [1.807, 2.05) is 4.90 Å². The molecule has 3 N–H and O–H groups in total. The van der Waals surface area contributed by atoms with Crippen molar-refractivity contribution in [1.82, 2.24) is 15.0 Å². The summed E-state index contributed by atoms with van der Waals surface area (Å²) in [5, 5.41) is 2.81. The van der Waals surface area contributed by atoms with Crippen LogP contribution in [0.25, 0.3) is 0 Å². The normalized spacial score (nSPS) is 15.0. The lowest BCUT2D eigenvalue weighted by Crippen LogP contribution is -2.25. The highest BCUT2D eigenvalue weighted by Gasteiger charge is 2.16. The summed E-state index contributed by atoms with van der Waals surface area (Å²) in [6, 6.07) is 0. The smallest absolute Gasteiger partial charge is 0.236 e. The van der Waals surface area contributed by atoms with Gasteiger partial charge in [0.1, 0.15) is 0 Å². The van der Waals surface area contributed by atoms with E-state index in [0.717, 1.165) is 25.9 Å². The molecule has 92 valence electrons. The van der Waals surface area contributed by atoms with Crippen molar-refractivity contribution in [3.63, 3.8) is 0 Å². The predicted octanol–water partition coefficient (Wildman–Crippen LogP) is 0.0224. The van der Waals surface area contributed by atoms with Gasteiger partial charge in [0, 0.05) is 13.1 Å². The molecular weight excluding hydrogens is 244 g/mol. The molecule has 0 bridgehead atoms. The highest BCUT2D eigenvalue weighted by molar-refractivity contribution is 6.28. The number of amides is 1. The number of carbonyl (C=O) groups is 1. The van der Waals surface area contributed by atoms with Crippen LogP contribution in [0.15, 0.2) is 0 Å². The molecule has 1 amide bonds. The van der Waals surface area contributed by atoms with Crippen molar-refractivity contribution in [2.24, 2.45) is 5.73 Å². The lowest BCUT2D eigenvalue weighted by atomic mass is 10.4. The number of anilines is 2. The van der Waals surface area contributed by atoms with Gasteiger partial charge in [0.05, 0.1) is 6.54 Å². The van der Waals surface area contributed by atoms with Crippen LogP contribution < -0.4 is 16.0 Å². The number of halogens is 1. The Morgan fingerprint density at radius 2 is 2.06 bits per heavy atom. The van der Waals surface area contributed by atoms with Gasteiger partial charge in [-0.15, -0.1) is 0 Å². The molecule has 0 atom stereocenters. The van der Waals surface area contributed by atoms with Gasteiger partial charge in [0.2, 0.25) is 23.1 Å². The fourth-order valence-corrected chi connectivity index (χ4v) is 1.80. The van der Waals surface area contributed by atoms with Gasteiger partial charge in [0.15, 0.2) is 0 Å². The number of nitrogens with two attached hydrogens (primary N) is 1. The molecule has 1 saturated heterocycles. The minimum Gasteiger partial charge on any atom is -0.368 e. The van der Waals surface area contributed by atoms with E-state index in [1.54, 1.807) is 0 Å². The maximum absolute atomic E-state index is 10.6. The molecule has 1 aliphatic rings. The van der Waals surface area contributed by atoms with Crippen molar-refractivity contribution in [2.45, 2.75) is 12.8 Å². The molecule has 1 aromatic heterocycles. The second kappa shape index (κ2) is 5.13. The van der Waals surface area contributed by atoms with Gasteiger partial charge >= 0.3 is 0 Å². The van der Waals surface area contributed by atoms with Crippen LogP contribution in [0, 0.1) is 0 Å². The first kappa shape index (κ1) is 11.8. The van der Waals surface area contributed by atoms with Gasteiger partial charge in [-0.3, -0.25) is 4.79 Å². The molecule has 2 heterocycles. The monoisotopic (exact) mass is 256 g/mol. The van der Waals surface area contributed by atoms with Crippen LogP contribution in [0.1, 0.15) is 12.8 Å². The molecule has 0 unspecified atom stereocenters. The number of aromatic nitrogens is 3. The fraction of sp³-hybridized carbons (Fsp3) is 0.556. The maximum atomic E-state index is 10.6. The predicted molar refractivity (Wildman–Crippen MR) is 64.0 cm³/mol. The Balaban J connectivity index is 2.13. The largest absolute Gasteiger partial charge is 0.368 e. The van der Waals surface area contributed by atoms with Crippen molar-refractivity contribution in [3.05, 3.63) is 5.28 Å². The Morgan fingerprint density at radius 1 is 1.35 bits per heavy atom. The summed E-state index contributed by atoms with van der Waals surface area (Å²) in [7, 11) is 0. The van der Waals surface area contributed by atoms with E-state index in [1.165, 1.54) is 0 Å². The third-order valence-electron chi connectivity index (χ3n) is 2.41. The van der Waals surface area contributed by atoms with Crippen LogP contribution in [0.4, 0.5) is 11.9 Å². The lowest BCUT2D eigenvalue weighted by molar-refractivity contribution is -0.116. The Morgan fingerprint density at radius 3 is 2.71 bits per heavy atom. The average molecular weight is 257 g/mol. The molecular formula is C9H13ClN6O. The molecule has 1 aromatic rings. The quantitative estimate of drug-likeness (QED) is 0.788. The van der Waals surface area contributed by atoms with Crippen LogP contribution >= 0.6 is 11.6 Å². The summed E-state index contributed by atoms with van der Waals surface area (Å²) in [5.74, 6) is 0.324. The highest BCUT2D eigenvalue weighted by atomic mass is 35.5. The van der Waals surface area contributed by atoms with E-state index < -0.39 is 5.91 Å². The second-order valence-electron chi connectivity index (χ2n) is 3.74. The first-order valence-electron chi connectivity index (χ1n) is 5.34. The molecule has 7 nitrogen and oxygen atoms in total. The van der Waals surface area contributed by atoms with Gasteiger partial charge in [-0.1, -0.05) is 0 Å². The molecule has 0 aromatic carbocycles. The Bertz CT molecular complexity index is 420. The first-order chi connectivity index (χ1) is 8.15. The van der Waals surface area contributed by atoms with E-state index in [9.17, 15) is 4.79 Å². The number of hydrogen-bond donors (Lipinski definition) is 2. The standard InChI is InChI=1S/C9H13ClN6O/c10-7-13-8(12-5-6(11)17)15-9(14-7)16-3-1-2-4-16/h1-5H2,(H2,11,17)(H,12,13,14,15). The van der Waals surface area contributed by atoms with Crippen LogP contribution in [-0.4, -0.2) is 40.5 Å². The zero-order valence-electron chi connectivity index (χ0n) is 9.19. The molecule has 2 rings (SSSR count). The summed E-state index contributed by atoms with van der Waals surface area (Å²) in [5.41, 5.74) is 5.02. The zero-order valence-corrected chi connectivity index (χ0v) is 9.94. The fourth-order valence-electron chi connectivity index (χ4n) is 1.64. The van der Waals surface area contributed by atoms with Crippen LogP contribution in [0.5, 0.6) is 0 Å². The number of rotatable bonds is 4. The van der Waals surface area contributed by atoms with Crippen LogP contribution in [-0.2, 0) is 4.79 Å². The van der Waals surface area contributed by atoms with Crippen molar-refractivity contribution in [1.29, 1.82) is 0 Å². The van der Waals surface area contributed by atoms with E-state index >= 15 is 0 Å². The molecule has 0 saturated carbocycles. The van der Waals surface area contributed by atoms with Gasteiger partial charge < -0.3 is 16.0 Å². The average Bonchev–Trinajstić information content (AvgIpc) is 2.79. The molecule has 17 heavy (non-hydrogen) atoms.